The number of aliphatic carboxylic acids is 3. The van der Waals surface area contributed by atoms with Crippen LogP contribution in [0.1, 0.15) is 26.2 Å². The second-order valence-corrected chi connectivity index (χ2v) is 7.19. The molecule has 1 fully saturated rings. The van der Waals surface area contributed by atoms with Crippen molar-refractivity contribution in [3.8, 4) is 0 Å². The molecule has 3 N–H and O–H groups in total. The van der Waals surface area contributed by atoms with E-state index in [1.54, 1.807) is 0 Å². The fourth-order valence-electron chi connectivity index (χ4n) is 3.21. The monoisotopic (exact) mass is 387 g/mol. The van der Waals surface area contributed by atoms with Crippen LogP contribution < -0.4 is 4.90 Å². The lowest BCUT2D eigenvalue weighted by Crippen LogP contribution is -2.36. The lowest BCUT2D eigenvalue weighted by molar-refractivity contribution is -0.145. The summed E-state index contributed by atoms with van der Waals surface area (Å²) in [5.41, 5.74) is 0.247. The van der Waals surface area contributed by atoms with Gasteiger partial charge in [-0.1, -0.05) is 36.4 Å². The maximum absolute atomic E-state index is 10.8. The highest BCUT2D eigenvalue weighted by atomic mass is 16.4. The van der Waals surface area contributed by atoms with E-state index in [9.17, 15) is 14.4 Å². The van der Waals surface area contributed by atoms with Crippen LogP contribution in [0.25, 0.3) is 0 Å². The third-order valence-electron chi connectivity index (χ3n) is 5.05. The predicted molar refractivity (Wildman–Crippen MR) is 104 cm³/mol. The summed E-state index contributed by atoms with van der Waals surface area (Å²) in [7, 11) is 0. The van der Waals surface area contributed by atoms with Crippen LogP contribution in [0.3, 0.4) is 0 Å². The normalized spacial score (nSPS) is 21.9. The van der Waals surface area contributed by atoms with Crippen molar-refractivity contribution in [1.29, 1.82) is 0 Å². The number of carboxylic acid groups (broad SMARTS) is 3. The standard InChI is InChI=1S/C12H15NO2.C9H10O4/c14-12(15)10-6-8-13(9-7-10)11-4-2-1-3-5-11;1-9(8(12)13)4-2-3-6(5-9)7(10)11/h1-5,10H,6-9H2,(H,14,15);2-4H,5H2,1H3,(H,10,11)(H,12,13). The molecule has 3 rings (SSSR count). The average molecular weight is 387 g/mol. The minimum absolute atomic E-state index is 0.0359. The Balaban J connectivity index is 0.000000203. The summed E-state index contributed by atoms with van der Waals surface area (Å²) >= 11 is 0. The molecule has 7 heteroatoms. The zero-order valence-electron chi connectivity index (χ0n) is 15.7. The number of para-hydroxylation sites is 1. The molecule has 0 radical (unpaired) electrons. The molecule has 1 unspecified atom stereocenters. The van der Waals surface area contributed by atoms with Gasteiger partial charge in [0, 0.05) is 24.4 Å². The van der Waals surface area contributed by atoms with Crippen LogP contribution in [-0.4, -0.2) is 46.3 Å². The van der Waals surface area contributed by atoms with Crippen molar-refractivity contribution in [3.05, 3.63) is 54.1 Å². The maximum Gasteiger partial charge on any atom is 0.331 e. The lowest BCUT2D eigenvalue weighted by Gasteiger charge is -2.31. The summed E-state index contributed by atoms with van der Waals surface area (Å²) in [6, 6.07) is 10.2. The van der Waals surface area contributed by atoms with E-state index >= 15 is 0 Å². The molecule has 150 valence electrons. The van der Waals surface area contributed by atoms with Crippen molar-refractivity contribution in [3.63, 3.8) is 0 Å². The highest BCUT2D eigenvalue weighted by Gasteiger charge is 2.34. The predicted octanol–water partition coefficient (Wildman–Crippen LogP) is 3.04. The van der Waals surface area contributed by atoms with E-state index < -0.39 is 23.3 Å². The minimum Gasteiger partial charge on any atom is -0.481 e. The molecule has 0 aromatic heterocycles. The number of carboxylic acids is 3. The molecule has 1 atom stereocenters. The van der Waals surface area contributed by atoms with E-state index in [0.717, 1.165) is 25.9 Å². The maximum atomic E-state index is 10.8. The van der Waals surface area contributed by atoms with Gasteiger partial charge in [0.1, 0.15) is 0 Å². The van der Waals surface area contributed by atoms with E-state index in [2.05, 4.69) is 17.0 Å². The first-order valence-corrected chi connectivity index (χ1v) is 9.11. The molecule has 7 nitrogen and oxygen atoms in total. The second kappa shape index (κ2) is 9.21. The van der Waals surface area contributed by atoms with Crippen molar-refractivity contribution in [2.75, 3.05) is 18.0 Å². The van der Waals surface area contributed by atoms with E-state index in [1.165, 1.54) is 30.8 Å². The van der Waals surface area contributed by atoms with Gasteiger partial charge in [-0.3, -0.25) is 9.59 Å². The van der Waals surface area contributed by atoms with E-state index in [0.29, 0.717) is 0 Å². The van der Waals surface area contributed by atoms with Gasteiger partial charge >= 0.3 is 17.9 Å². The Morgan fingerprint density at radius 3 is 2.14 bits per heavy atom. The Morgan fingerprint density at radius 1 is 1.04 bits per heavy atom. The van der Waals surface area contributed by atoms with Crippen molar-refractivity contribution in [1.82, 2.24) is 0 Å². The summed E-state index contributed by atoms with van der Waals surface area (Å²) in [6.45, 7) is 3.20. The fourth-order valence-corrected chi connectivity index (χ4v) is 3.21. The highest BCUT2D eigenvalue weighted by molar-refractivity contribution is 5.90. The van der Waals surface area contributed by atoms with Gasteiger partial charge in [0.15, 0.2) is 0 Å². The van der Waals surface area contributed by atoms with Gasteiger partial charge in [0.05, 0.1) is 11.3 Å². The van der Waals surface area contributed by atoms with Crippen molar-refractivity contribution in [2.24, 2.45) is 11.3 Å². The van der Waals surface area contributed by atoms with E-state index in [1.807, 2.05) is 18.2 Å². The molecular formula is C21H25NO6. The summed E-state index contributed by atoms with van der Waals surface area (Å²) < 4.78 is 0. The summed E-state index contributed by atoms with van der Waals surface area (Å²) in [5, 5.41) is 26.4. The Kier molecular flexibility index (Phi) is 6.98. The van der Waals surface area contributed by atoms with Crippen LogP contribution in [0.15, 0.2) is 54.1 Å². The molecule has 1 saturated heterocycles. The lowest BCUT2D eigenvalue weighted by atomic mass is 9.80. The number of piperidine rings is 1. The van der Waals surface area contributed by atoms with Gasteiger partial charge in [-0.05, 0) is 38.3 Å². The third-order valence-corrected chi connectivity index (χ3v) is 5.05. The number of anilines is 1. The second-order valence-electron chi connectivity index (χ2n) is 7.19. The number of nitrogens with zero attached hydrogens (tertiary/aromatic N) is 1. The number of hydrogen-bond donors (Lipinski definition) is 3. The zero-order chi connectivity index (χ0) is 20.7. The molecule has 2 aliphatic rings. The SMILES string of the molecule is CC1(C(=O)O)C=CC=C(C(=O)O)C1.O=C(O)C1CCN(c2ccccc2)CC1. The van der Waals surface area contributed by atoms with Crippen LogP contribution >= 0.6 is 0 Å². The Labute approximate surface area is 163 Å². The van der Waals surface area contributed by atoms with Gasteiger partial charge in [-0.15, -0.1) is 0 Å². The molecule has 0 amide bonds. The molecule has 1 aliphatic heterocycles. The number of carbonyl (C=O) groups is 3. The first-order chi connectivity index (χ1) is 13.2. The van der Waals surface area contributed by atoms with Crippen LogP contribution in [0.4, 0.5) is 5.69 Å². The molecule has 1 aromatic carbocycles. The number of allylic oxidation sites excluding steroid dienone is 2. The number of hydrogen-bond acceptors (Lipinski definition) is 4. The van der Waals surface area contributed by atoms with E-state index in [-0.39, 0.29) is 17.9 Å². The fraction of sp³-hybridized carbons (Fsp3) is 0.381. The summed E-state index contributed by atoms with van der Waals surface area (Å²) in [5.74, 6) is -2.86. The molecule has 28 heavy (non-hydrogen) atoms. The van der Waals surface area contributed by atoms with Crippen molar-refractivity contribution in [2.45, 2.75) is 26.2 Å². The van der Waals surface area contributed by atoms with Gasteiger partial charge in [0.2, 0.25) is 0 Å². The first kappa shape index (κ1) is 21.2. The average Bonchev–Trinajstić information content (AvgIpc) is 2.69. The van der Waals surface area contributed by atoms with Crippen LogP contribution in [0.2, 0.25) is 0 Å². The Morgan fingerprint density at radius 2 is 1.64 bits per heavy atom. The first-order valence-electron chi connectivity index (χ1n) is 9.11. The molecule has 0 spiro atoms. The molecule has 1 aromatic rings. The van der Waals surface area contributed by atoms with Crippen molar-refractivity contribution >= 4 is 23.6 Å². The molecular weight excluding hydrogens is 362 g/mol. The number of rotatable bonds is 4. The van der Waals surface area contributed by atoms with Crippen LogP contribution in [0, 0.1) is 11.3 Å². The zero-order valence-corrected chi connectivity index (χ0v) is 15.7. The number of benzene rings is 1. The van der Waals surface area contributed by atoms with Crippen LogP contribution in [-0.2, 0) is 14.4 Å². The molecule has 0 bridgehead atoms. The van der Waals surface area contributed by atoms with Gasteiger partial charge < -0.3 is 20.2 Å². The molecule has 1 aliphatic carbocycles. The minimum atomic E-state index is -1.08. The quantitative estimate of drug-likeness (QED) is 0.727. The topological polar surface area (TPSA) is 115 Å². The Hall–Kier alpha value is -3.09. The Bertz CT molecular complexity index is 777. The molecule has 0 saturated carbocycles. The molecule has 1 heterocycles. The highest BCUT2D eigenvalue weighted by Crippen LogP contribution is 2.31. The summed E-state index contributed by atoms with van der Waals surface area (Å²) in [6.07, 6.45) is 5.94. The van der Waals surface area contributed by atoms with Crippen molar-refractivity contribution < 1.29 is 29.7 Å². The largest absolute Gasteiger partial charge is 0.481 e. The third kappa shape index (κ3) is 5.45. The van der Waals surface area contributed by atoms with Gasteiger partial charge in [-0.2, -0.15) is 0 Å². The van der Waals surface area contributed by atoms with Gasteiger partial charge in [-0.25, -0.2) is 4.79 Å². The summed E-state index contributed by atoms with van der Waals surface area (Å²) in [4.78, 5) is 34.4. The van der Waals surface area contributed by atoms with E-state index in [4.69, 9.17) is 15.3 Å². The van der Waals surface area contributed by atoms with Gasteiger partial charge in [0.25, 0.3) is 0 Å². The van der Waals surface area contributed by atoms with Crippen LogP contribution in [0.5, 0.6) is 0 Å². The smallest absolute Gasteiger partial charge is 0.331 e.